The highest BCUT2D eigenvalue weighted by Gasteiger charge is 2.22. The highest BCUT2D eigenvalue weighted by Crippen LogP contribution is 2.11. The molecule has 1 amide bonds. The van der Waals surface area contributed by atoms with Crippen molar-refractivity contribution in [3.8, 4) is 0 Å². The van der Waals surface area contributed by atoms with Crippen molar-refractivity contribution in [1.29, 1.82) is 0 Å². The van der Waals surface area contributed by atoms with Crippen molar-refractivity contribution in [2.45, 2.75) is 67.3 Å². The number of nitrogens with zero attached hydrogens (tertiary/aromatic N) is 2. The molecule has 1 heterocycles. The minimum absolute atomic E-state index is 0.217. The Balaban J connectivity index is 0. The summed E-state index contributed by atoms with van der Waals surface area (Å²) in [5.74, 6) is 0.217. The van der Waals surface area contributed by atoms with E-state index in [9.17, 15) is 4.79 Å². The van der Waals surface area contributed by atoms with Gasteiger partial charge in [-0.25, -0.2) is 0 Å². The van der Waals surface area contributed by atoms with E-state index in [1.54, 1.807) is 6.92 Å². The fraction of sp³-hybridized carbons (Fsp3) is 0.933. The molecule has 1 saturated heterocycles. The molecular weight excluding hydrogens is 224 g/mol. The molecule has 110 valence electrons. The first-order valence-corrected chi connectivity index (χ1v) is 7.68. The number of carbonyl (C=O) groups excluding carboxylic acids is 1. The minimum atomic E-state index is 0.217. The lowest BCUT2D eigenvalue weighted by atomic mass is 10.1. The van der Waals surface area contributed by atoms with Gasteiger partial charge >= 0.3 is 0 Å². The Morgan fingerprint density at radius 3 is 1.61 bits per heavy atom. The molecule has 3 heteroatoms. The Hall–Kier alpha value is -0.570. The molecule has 0 aromatic rings. The summed E-state index contributed by atoms with van der Waals surface area (Å²) in [7, 11) is 0. The fourth-order valence-corrected chi connectivity index (χ4v) is 2.21. The van der Waals surface area contributed by atoms with E-state index < -0.39 is 0 Å². The molecule has 0 N–H and O–H groups in total. The predicted octanol–water partition coefficient (Wildman–Crippen LogP) is 3.39. The third-order valence-electron chi connectivity index (χ3n) is 3.22. The Kier molecular flexibility index (Phi) is 14.1. The molecule has 0 atom stereocenters. The molecule has 0 spiro atoms. The zero-order valence-corrected chi connectivity index (χ0v) is 13.6. The molecule has 0 unspecified atom stereocenters. The van der Waals surface area contributed by atoms with Gasteiger partial charge in [-0.1, -0.05) is 41.5 Å². The van der Waals surface area contributed by atoms with E-state index in [0.29, 0.717) is 6.04 Å². The minimum Gasteiger partial charge on any atom is -0.340 e. The molecule has 0 saturated carbocycles. The molecule has 18 heavy (non-hydrogen) atoms. The molecule has 0 aromatic carbocycles. The summed E-state index contributed by atoms with van der Waals surface area (Å²) in [5.41, 5.74) is 0. The second-order valence-corrected chi connectivity index (χ2v) is 4.01. The van der Waals surface area contributed by atoms with Crippen LogP contribution in [0.3, 0.4) is 0 Å². The van der Waals surface area contributed by atoms with Crippen LogP contribution in [0.1, 0.15) is 61.3 Å². The van der Waals surface area contributed by atoms with Crippen LogP contribution < -0.4 is 0 Å². The third-order valence-corrected chi connectivity index (χ3v) is 3.22. The van der Waals surface area contributed by atoms with Crippen LogP contribution in [0.15, 0.2) is 0 Å². The normalized spacial score (nSPS) is 15.4. The van der Waals surface area contributed by atoms with E-state index in [2.05, 4.69) is 18.7 Å². The van der Waals surface area contributed by atoms with E-state index in [1.165, 1.54) is 12.8 Å². The van der Waals surface area contributed by atoms with Crippen molar-refractivity contribution in [3.05, 3.63) is 0 Å². The van der Waals surface area contributed by atoms with Crippen LogP contribution in [-0.2, 0) is 4.79 Å². The Labute approximate surface area is 115 Å². The van der Waals surface area contributed by atoms with E-state index >= 15 is 0 Å². The monoisotopic (exact) mass is 258 g/mol. The van der Waals surface area contributed by atoms with Gasteiger partial charge in [-0.05, 0) is 12.8 Å². The van der Waals surface area contributed by atoms with Crippen molar-refractivity contribution in [2.75, 3.05) is 26.2 Å². The van der Waals surface area contributed by atoms with E-state index in [-0.39, 0.29) is 5.91 Å². The lowest BCUT2D eigenvalue weighted by molar-refractivity contribution is -0.130. The Morgan fingerprint density at radius 1 is 0.944 bits per heavy atom. The van der Waals surface area contributed by atoms with Gasteiger partial charge in [0.15, 0.2) is 0 Å². The molecule has 1 fully saturated rings. The second-order valence-electron chi connectivity index (χ2n) is 4.01. The highest BCUT2D eigenvalue weighted by molar-refractivity contribution is 5.73. The molecule has 1 rings (SSSR count). The summed E-state index contributed by atoms with van der Waals surface area (Å²) < 4.78 is 0. The van der Waals surface area contributed by atoms with Crippen LogP contribution >= 0.6 is 0 Å². The Bertz CT molecular complexity index is 183. The number of amides is 1. The standard InChI is InChI=1S/C11H22N2O.2C2H6/c1-4-11(5-2)13-8-6-12(7-9-13)10(3)14;2*1-2/h11H,4-9H2,1-3H3;2*1-2H3. The van der Waals surface area contributed by atoms with E-state index in [4.69, 9.17) is 0 Å². The topological polar surface area (TPSA) is 23.6 Å². The quantitative estimate of drug-likeness (QED) is 0.774. The average molecular weight is 258 g/mol. The van der Waals surface area contributed by atoms with E-state index in [0.717, 1.165) is 26.2 Å². The molecule has 1 aliphatic rings. The van der Waals surface area contributed by atoms with Gasteiger partial charge in [0.25, 0.3) is 0 Å². The van der Waals surface area contributed by atoms with Gasteiger partial charge in [-0.3, -0.25) is 9.69 Å². The molecule has 0 bridgehead atoms. The second kappa shape index (κ2) is 12.9. The Morgan fingerprint density at radius 2 is 1.33 bits per heavy atom. The van der Waals surface area contributed by atoms with Gasteiger partial charge in [-0.15, -0.1) is 0 Å². The zero-order valence-electron chi connectivity index (χ0n) is 13.6. The average Bonchev–Trinajstić information content (AvgIpc) is 2.45. The van der Waals surface area contributed by atoms with Crippen LogP contribution in [0, 0.1) is 0 Å². The van der Waals surface area contributed by atoms with Crippen LogP contribution in [0.5, 0.6) is 0 Å². The SMILES string of the molecule is CC.CC.CCC(CC)N1CCN(C(C)=O)CC1. The highest BCUT2D eigenvalue weighted by atomic mass is 16.2. The predicted molar refractivity (Wildman–Crippen MR) is 80.9 cm³/mol. The number of hydrogen-bond acceptors (Lipinski definition) is 2. The first kappa shape index (κ1) is 19.8. The molecule has 0 aromatic heterocycles. The van der Waals surface area contributed by atoms with Crippen molar-refractivity contribution in [3.63, 3.8) is 0 Å². The first-order chi connectivity index (χ1) is 8.69. The van der Waals surface area contributed by atoms with Gasteiger partial charge in [0.1, 0.15) is 0 Å². The van der Waals surface area contributed by atoms with Gasteiger partial charge in [-0.2, -0.15) is 0 Å². The summed E-state index contributed by atoms with van der Waals surface area (Å²) in [6.07, 6.45) is 2.44. The summed E-state index contributed by atoms with van der Waals surface area (Å²) in [4.78, 5) is 15.6. The lowest BCUT2D eigenvalue weighted by Crippen LogP contribution is -2.51. The van der Waals surface area contributed by atoms with Crippen LogP contribution in [0.2, 0.25) is 0 Å². The molecule has 0 radical (unpaired) electrons. The van der Waals surface area contributed by atoms with Crippen molar-refractivity contribution < 1.29 is 4.79 Å². The fourth-order valence-electron chi connectivity index (χ4n) is 2.21. The summed E-state index contributed by atoms with van der Waals surface area (Å²) in [5, 5.41) is 0. The van der Waals surface area contributed by atoms with Gasteiger partial charge in [0.2, 0.25) is 5.91 Å². The van der Waals surface area contributed by atoms with Crippen molar-refractivity contribution >= 4 is 5.91 Å². The smallest absolute Gasteiger partial charge is 0.219 e. The summed E-state index contributed by atoms with van der Waals surface area (Å²) in [6, 6.07) is 0.712. The number of carbonyl (C=O) groups is 1. The van der Waals surface area contributed by atoms with Crippen molar-refractivity contribution in [1.82, 2.24) is 9.80 Å². The van der Waals surface area contributed by atoms with Gasteiger partial charge in [0.05, 0.1) is 0 Å². The molecular formula is C15H34N2O. The first-order valence-electron chi connectivity index (χ1n) is 7.68. The number of piperazine rings is 1. The number of hydrogen-bond donors (Lipinski definition) is 0. The molecule has 0 aliphatic carbocycles. The third kappa shape index (κ3) is 7.00. The molecule has 3 nitrogen and oxygen atoms in total. The van der Waals surface area contributed by atoms with Crippen LogP contribution in [0.4, 0.5) is 0 Å². The van der Waals surface area contributed by atoms with Crippen LogP contribution in [0.25, 0.3) is 0 Å². The molecule has 1 aliphatic heterocycles. The maximum Gasteiger partial charge on any atom is 0.219 e. The summed E-state index contributed by atoms with van der Waals surface area (Å²) in [6.45, 7) is 18.1. The van der Waals surface area contributed by atoms with Crippen molar-refractivity contribution in [2.24, 2.45) is 0 Å². The van der Waals surface area contributed by atoms with Gasteiger partial charge in [0, 0.05) is 39.1 Å². The zero-order chi connectivity index (χ0) is 14.6. The largest absolute Gasteiger partial charge is 0.340 e. The number of rotatable bonds is 3. The lowest BCUT2D eigenvalue weighted by Gasteiger charge is -2.38. The maximum atomic E-state index is 11.1. The van der Waals surface area contributed by atoms with Gasteiger partial charge < -0.3 is 4.90 Å². The summed E-state index contributed by atoms with van der Waals surface area (Å²) >= 11 is 0. The van der Waals surface area contributed by atoms with E-state index in [1.807, 2.05) is 32.6 Å². The maximum absolute atomic E-state index is 11.1. The van der Waals surface area contributed by atoms with Crippen LogP contribution in [-0.4, -0.2) is 47.9 Å².